The van der Waals surface area contributed by atoms with Crippen LogP contribution in [0.3, 0.4) is 0 Å². The van der Waals surface area contributed by atoms with Crippen molar-refractivity contribution in [2.24, 2.45) is 0 Å². The number of piperidine rings is 1. The maximum atomic E-state index is 9.95. The van der Waals surface area contributed by atoms with Crippen LogP contribution in [-0.2, 0) is 0 Å². The zero-order valence-electron chi connectivity index (χ0n) is 11.5. The van der Waals surface area contributed by atoms with Crippen molar-refractivity contribution < 1.29 is 10.2 Å². The highest BCUT2D eigenvalue weighted by Crippen LogP contribution is 2.24. The van der Waals surface area contributed by atoms with E-state index in [2.05, 4.69) is 18.7 Å². The first kappa shape index (κ1) is 14.9. The molecule has 1 rings (SSSR count). The zero-order chi connectivity index (χ0) is 12.7. The molecule has 1 saturated heterocycles. The van der Waals surface area contributed by atoms with Crippen LogP contribution in [0, 0.1) is 0 Å². The van der Waals surface area contributed by atoms with Crippen molar-refractivity contribution >= 4 is 0 Å². The average Bonchev–Trinajstić information content (AvgIpc) is 2.35. The number of likely N-dealkylation sites (tertiary alicyclic amines) is 1. The van der Waals surface area contributed by atoms with Gasteiger partial charge in [0, 0.05) is 19.1 Å². The van der Waals surface area contributed by atoms with Crippen LogP contribution in [-0.4, -0.2) is 46.5 Å². The minimum absolute atomic E-state index is 0.0915. The van der Waals surface area contributed by atoms with Crippen LogP contribution in [0.2, 0.25) is 0 Å². The van der Waals surface area contributed by atoms with Crippen LogP contribution in [0.25, 0.3) is 0 Å². The summed E-state index contributed by atoms with van der Waals surface area (Å²) in [5.74, 6) is 0. The van der Waals surface area contributed by atoms with E-state index in [-0.39, 0.29) is 6.61 Å². The number of nitrogens with zero attached hydrogens (tertiary/aromatic N) is 1. The Labute approximate surface area is 106 Å². The SMILES string of the molecule is CCCCCCC(C)N1CCC(O)(CO)CC1. The molecule has 0 radical (unpaired) electrons. The summed E-state index contributed by atoms with van der Waals surface area (Å²) in [4.78, 5) is 2.45. The molecule has 1 fully saturated rings. The van der Waals surface area contributed by atoms with E-state index in [1.165, 1.54) is 32.1 Å². The molecule has 102 valence electrons. The van der Waals surface area contributed by atoms with E-state index in [0.29, 0.717) is 18.9 Å². The fraction of sp³-hybridized carbons (Fsp3) is 1.00. The largest absolute Gasteiger partial charge is 0.393 e. The monoisotopic (exact) mass is 243 g/mol. The first-order chi connectivity index (χ1) is 8.11. The molecular weight excluding hydrogens is 214 g/mol. The normalized spacial score (nSPS) is 22.6. The lowest BCUT2D eigenvalue weighted by Crippen LogP contribution is -2.49. The number of rotatable bonds is 7. The van der Waals surface area contributed by atoms with E-state index in [9.17, 15) is 5.11 Å². The lowest BCUT2D eigenvalue weighted by Gasteiger charge is -2.40. The molecule has 0 saturated carbocycles. The van der Waals surface area contributed by atoms with Crippen LogP contribution >= 0.6 is 0 Å². The van der Waals surface area contributed by atoms with Crippen molar-refractivity contribution in [1.82, 2.24) is 4.90 Å². The van der Waals surface area contributed by atoms with E-state index in [1.54, 1.807) is 0 Å². The molecule has 0 spiro atoms. The quantitative estimate of drug-likeness (QED) is 0.674. The minimum Gasteiger partial charge on any atom is -0.393 e. The second kappa shape index (κ2) is 7.34. The molecule has 0 aliphatic carbocycles. The molecule has 1 atom stereocenters. The fourth-order valence-electron chi connectivity index (χ4n) is 2.59. The summed E-state index contributed by atoms with van der Waals surface area (Å²) in [6.45, 7) is 6.28. The van der Waals surface area contributed by atoms with Crippen LogP contribution in [0.4, 0.5) is 0 Å². The van der Waals surface area contributed by atoms with Gasteiger partial charge in [-0.15, -0.1) is 0 Å². The van der Waals surface area contributed by atoms with Crippen LogP contribution in [0.5, 0.6) is 0 Å². The number of hydrogen-bond acceptors (Lipinski definition) is 3. The first-order valence-electron chi connectivity index (χ1n) is 7.18. The van der Waals surface area contributed by atoms with Crippen molar-refractivity contribution in [3.05, 3.63) is 0 Å². The Balaban J connectivity index is 2.19. The Bertz CT molecular complexity index is 200. The molecule has 1 aliphatic heterocycles. The number of aliphatic hydroxyl groups excluding tert-OH is 1. The molecule has 17 heavy (non-hydrogen) atoms. The summed E-state index contributed by atoms with van der Waals surface area (Å²) >= 11 is 0. The Hall–Kier alpha value is -0.120. The Morgan fingerprint density at radius 2 is 1.82 bits per heavy atom. The average molecular weight is 243 g/mol. The van der Waals surface area contributed by atoms with Crippen molar-refractivity contribution in [3.63, 3.8) is 0 Å². The summed E-state index contributed by atoms with van der Waals surface area (Å²) in [5.41, 5.74) is -0.807. The smallest absolute Gasteiger partial charge is 0.0901 e. The summed E-state index contributed by atoms with van der Waals surface area (Å²) in [5, 5.41) is 19.1. The molecule has 3 heteroatoms. The second-order valence-electron chi connectivity index (χ2n) is 5.62. The Morgan fingerprint density at radius 1 is 1.18 bits per heavy atom. The van der Waals surface area contributed by atoms with Gasteiger partial charge in [-0.25, -0.2) is 0 Å². The van der Waals surface area contributed by atoms with Crippen molar-refractivity contribution in [3.8, 4) is 0 Å². The maximum Gasteiger partial charge on any atom is 0.0901 e. The zero-order valence-corrected chi connectivity index (χ0v) is 11.5. The van der Waals surface area contributed by atoms with Crippen LogP contribution in [0.15, 0.2) is 0 Å². The van der Waals surface area contributed by atoms with Crippen LogP contribution < -0.4 is 0 Å². The standard InChI is InChI=1S/C14H29NO2/c1-3-4-5-6-7-13(2)15-10-8-14(17,12-16)9-11-15/h13,16-17H,3-12H2,1-2H3. The minimum atomic E-state index is -0.807. The molecule has 1 heterocycles. The highest BCUT2D eigenvalue weighted by atomic mass is 16.3. The topological polar surface area (TPSA) is 43.7 Å². The third-order valence-electron chi connectivity index (χ3n) is 4.12. The van der Waals surface area contributed by atoms with Gasteiger partial charge >= 0.3 is 0 Å². The molecule has 1 unspecified atom stereocenters. The third kappa shape index (κ3) is 4.94. The molecular formula is C14H29NO2. The molecule has 0 aromatic rings. The highest BCUT2D eigenvalue weighted by Gasteiger charge is 2.32. The molecule has 0 amide bonds. The van der Waals surface area contributed by atoms with Gasteiger partial charge in [0.15, 0.2) is 0 Å². The lowest BCUT2D eigenvalue weighted by atomic mass is 9.91. The Kier molecular flexibility index (Phi) is 6.45. The Morgan fingerprint density at radius 3 is 2.35 bits per heavy atom. The summed E-state index contributed by atoms with van der Waals surface area (Å²) < 4.78 is 0. The van der Waals surface area contributed by atoms with Crippen molar-refractivity contribution in [1.29, 1.82) is 0 Å². The van der Waals surface area contributed by atoms with E-state index in [4.69, 9.17) is 5.11 Å². The van der Waals surface area contributed by atoms with E-state index < -0.39 is 5.60 Å². The van der Waals surface area contributed by atoms with Crippen molar-refractivity contribution in [2.45, 2.75) is 70.4 Å². The summed E-state index contributed by atoms with van der Waals surface area (Å²) in [6, 6.07) is 0.620. The van der Waals surface area contributed by atoms with Gasteiger partial charge in [-0.3, -0.25) is 0 Å². The van der Waals surface area contributed by atoms with E-state index in [0.717, 1.165) is 13.1 Å². The van der Waals surface area contributed by atoms with Gasteiger partial charge < -0.3 is 15.1 Å². The van der Waals surface area contributed by atoms with Gasteiger partial charge in [0.25, 0.3) is 0 Å². The second-order valence-corrected chi connectivity index (χ2v) is 5.62. The van der Waals surface area contributed by atoms with E-state index in [1.807, 2.05) is 0 Å². The number of unbranched alkanes of at least 4 members (excludes halogenated alkanes) is 3. The predicted molar refractivity (Wildman–Crippen MR) is 71.1 cm³/mol. The highest BCUT2D eigenvalue weighted by molar-refractivity contribution is 4.86. The van der Waals surface area contributed by atoms with Gasteiger partial charge in [-0.2, -0.15) is 0 Å². The third-order valence-corrected chi connectivity index (χ3v) is 4.12. The fourth-order valence-corrected chi connectivity index (χ4v) is 2.59. The van der Waals surface area contributed by atoms with Gasteiger partial charge in [-0.1, -0.05) is 32.6 Å². The van der Waals surface area contributed by atoms with Gasteiger partial charge in [0.2, 0.25) is 0 Å². The van der Waals surface area contributed by atoms with Gasteiger partial charge in [-0.05, 0) is 26.2 Å². The molecule has 3 nitrogen and oxygen atoms in total. The van der Waals surface area contributed by atoms with Crippen molar-refractivity contribution in [2.75, 3.05) is 19.7 Å². The molecule has 1 aliphatic rings. The summed E-state index contributed by atoms with van der Waals surface area (Å²) in [7, 11) is 0. The lowest BCUT2D eigenvalue weighted by molar-refractivity contribution is -0.0654. The van der Waals surface area contributed by atoms with Gasteiger partial charge in [0.1, 0.15) is 0 Å². The molecule has 0 bridgehead atoms. The molecule has 0 aromatic carbocycles. The number of aliphatic hydroxyl groups is 2. The van der Waals surface area contributed by atoms with Gasteiger partial charge in [0.05, 0.1) is 12.2 Å². The predicted octanol–water partition coefficient (Wildman–Crippen LogP) is 2.16. The summed E-state index contributed by atoms with van der Waals surface area (Å²) in [6.07, 6.45) is 7.98. The van der Waals surface area contributed by atoms with E-state index >= 15 is 0 Å². The maximum absolute atomic E-state index is 9.95. The molecule has 2 N–H and O–H groups in total. The number of hydrogen-bond donors (Lipinski definition) is 2. The van der Waals surface area contributed by atoms with Crippen LogP contribution in [0.1, 0.15) is 58.8 Å². The molecule has 0 aromatic heterocycles. The first-order valence-corrected chi connectivity index (χ1v) is 7.18.